The third kappa shape index (κ3) is 4.70. The third-order valence-corrected chi connectivity index (χ3v) is 6.65. The molecular weight excluding hydrogens is 608 g/mol. The highest BCUT2D eigenvalue weighted by atomic mass is 79.9. The molecule has 3 aromatic carbocycles. The average molecular weight is 623 g/mol. The van der Waals surface area contributed by atoms with Crippen molar-refractivity contribution in [1.29, 1.82) is 0 Å². The van der Waals surface area contributed by atoms with Crippen LogP contribution >= 0.6 is 15.9 Å². The summed E-state index contributed by atoms with van der Waals surface area (Å²) >= 11 is 2.73. The molecule has 1 aliphatic rings. The highest BCUT2D eigenvalue weighted by Crippen LogP contribution is 2.55. The predicted octanol–water partition coefficient (Wildman–Crippen LogP) is 7.30. The first-order valence-corrected chi connectivity index (χ1v) is 11.6. The summed E-state index contributed by atoms with van der Waals surface area (Å²) in [6, 6.07) is 10.5. The molecule has 0 radical (unpaired) electrons. The van der Waals surface area contributed by atoms with Crippen molar-refractivity contribution in [2.24, 2.45) is 0 Å². The first-order valence-electron chi connectivity index (χ1n) is 10.8. The molecule has 0 spiro atoms. The number of hydrogen-bond donors (Lipinski definition) is 1. The molecule has 1 heterocycles. The molecule has 4 rings (SSSR count). The number of nitrogens with zero attached hydrogens (tertiary/aromatic N) is 1. The van der Waals surface area contributed by atoms with E-state index < -0.39 is 62.7 Å². The van der Waals surface area contributed by atoms with E-state index in [-0.39, 0.29) is 24.4 Å². The molecule has 1 N–H and O–H groups in total. The van der Waals surface area contributed by atoms with Crippen LogP contribution in [0.2, 0.25) is 0 Å². The number of carbonyl (C=O) groups is 2. The second kappa shape index (κ2) is 9.81. The average Bonchev–Trinajstić information content (AvgIpc) is 3.19. The normalized spacial score (nSPS) is 13.9. The SMILES string of the molecule is COc1cc(C(F)(C(F)(F)F)C(F)(F)F)cc(Br)c1NC(=O)c1cccc(N2Cc3ccccc3C2=O)c1F. The van der Waals surface area contributed by atoms with Gasteiger partial charge in [-0.3, -0.25) is 9.59 Å². The fourth-order valence-corrected chi connectivity index (χ4v) is 4.63. The van der Waals surface area contributed by atoms with Gasteiger partial charge in [0.15, 0.2) is 5.82 Å². The summed E-state index contributed by atoms with van der Waals surface area (Å²) in [6.07, 6.45) is -12.8. The zero-order valence-electron chi connectivity index (χ0n) is 19.5. The number of methoxy groups -OCH3 is 1. The Morgan fingerprint density at radius 2 is 1.62 bits per heavy atom. The number of fused-ring (bicyclic) bond motifs is 1. The van der Waals surface area contributed by atoms with Crippen LogP contribution in [0.5, 0.6) is 5.75 Å². The van der Waals surface area contributed by atoms with E-state index in [4.69, 9.17) is 4.74 Å². The Balaban J connectivity index is 1.69. The standard InChI is InChI=1S/C25H15BrF8N2O3/c1-39-18-10-13(23(28,24(29,30)31)25(32,33)34)9-16(26)20(18)35-21(37)15-7-4-8-17(19(15)27)36-11-12-5-2-3-6-14(12)22(36)38/h2-10H,11H2,1H3,(H,35,37). The van der Waals surface area contributed by atoms with Crippen LogP contribution in [0.15, 0.2) is 59.1 Å². The molecule has 0 unspecified atom stereocenters. The van der Waals surface area contributed by atoms with E-state index in [9.17, 15) is 40.3 Å². The third-order valence-electron chi connectivity index (χ3n) is 6.03. The summed E-state index contributed by atoms with van der Waals surface area (Å²) in [5, 5.41) is 2.15. The monoisotopic (exact) mass is 622 g/mol. The first kappa shape index (κ1) is 28.3. The van der Waals surface area contributed by atoms with E-state index in [1.54, 1.807) is 24.3 Å². The van der Waals surface area contributed by atoms with Gasteiger partial charge in [-0.05, 0) is 51.8 Å². The van der Waals surface area contributed by atoms with Gasteiger partial charge in [0.1, 0.15) is 5.75 Å². The molecule has 3 aromatic rings. The van der Waals surface area contributed by atoms with E-state index >= 15 is 4.39 Å². The minimum absolute atomic E-state index is 0.0290. The van der Waals surface area contributed by atoms with E-state index in [1.807, 2.05) is 0 Å². The van der Waals surface area contributed by atoms with Gasteiger partial charge in [-0.25, -0.2) is 8.78 Å². The van der Waals surface area contributed by atoms with Crippen LogP contribution in [0.25, 0.3) is 0 Å². The Labute approximate surface area is 223 Å². The van der Waals surface area contributed by atoms with Crippen LogP contribution in [0.4, 0.5) is 46.5 Å². The van der Waals surface area contributed by atoms with Gasteiger partial charge < -0.3 is 15.0 Å². The lowest BCUT2D eigenvalue weighted by atomic mass is 9.93. The molecule has 0 saturated heterocycles. The smallest absolute Gasteiger partial charge is 0.435 e. The zero-order valence-corrected chi connectivity index (χ0v) is 21.1. The quantitative estimate of drug-likeness (QED) is 0.304. The number of nitrogens with one attached hydrogen (secondary N) is 1. The summed E-state index contributed by atoms with van der Waals surface area (Å²) < 4.78 is 114. The van der Waals surface area contributed by atoms with E-state index in [0.29, 0.717) is 11.1 Å². The van der Waals surface area contributed by atoms with E-state index in [2.05, 4.69) is 21.2 Å². The Kier molecular flexibility index (Phi) is 7.13. The fraction of sp³-hybridized carbons (Fsp3) is 0.200. The van der Waals surface area contributed by atoms with Crippen LogP contribution in [-0.2, 0) is 12.2 Å². The summed E-state index contributed by atoms with van der Waals surface area (Å²) in [6.45, 7) is 0.0290. The van der Waals surface area contributed by atoms with Crippen molar-refractivity contribution < 1.29 is 49.4 Å². The molecule has 0 aliphatic carbocycles. The van der Waals surface area contributed by atoms with Crippen LogP contribution in [-0.4, -0.2) is 31.3 Å². The molecular formula is C25H15BrF8N2O3. The summed E-state index contributed by atoms with van der Waals surface area (Å²) in [5.41, 5.74) is -7.95. The fourth-order valence-electron chi connectivity index (χ4n) is 4.08. The van der Waals surface area contributed by atoms with Gasteiger partial charge in [-0.1, -0.05) is 24.3 Å². The van der Waals surface area contributed by atoms with Crippen LogP contribution < -0.4 is 15.0 Å². The van der Waals surface area contributed by atoms with Crippen LogP contribution in [0.1, 0.15) is 31.8 Å². The molecule has 1 aliphatic heterocycles. The Bertz CT molecular complexity index is 1460. The maximum Gasteiger partial charge on any atom is 0.435 e. The summed E-state index contributed by atoms with van der Waals surface area (Å²) in [7, 11) is 0.861. The molecule has 0 bridgehead atoms. The van der Waals surface area contributed by atoms with Gasteiger partial charge in [0.05, 0.1) is 30.6 Å². The molecule has 0 aromatic heterocycles. The Hall–Kier alpha value is -3.68. The number of rotatable bonds is 5. The summed E-state index contributed by atoms with van der Waals surface area (Å²) in [5.74, 6) is -3.57. The van der Waals surface area contributed by atoms with Gasteiger partial charge >= 0.3 is 18.0 Å². The number of halogens is 9. The zero-order chi connectivity index (χ0) is 28.9. The van der Waals surface area contributed by atoms with Crippen molar-refractivity contribution in [3.05, 3.63) is 87.1 Å². The van der Waals surface area contributed by atoms with Crippen molar-refractivity contribution in [2.75, 3.05) is 17.3 Å². The predicted molar refractivity (Wildman–Crippen MR) is 127 cm³/mol. The first-order chi connectivity index (χ1) is 18.1. The Morgan fingerprint density at radius 1 is 0.974 bits per heavy atom. The molecule has 0 saturated carbocycles. The van der Waals surface area contributed by atoms with Crippen molar-refractivity contribution in [2.45, 2.75) is 24.6 Å². The molecule has 2 amide bonds. The number of anilines is 2. The Morgan fingerprint density at radius 3 is 2.21 bits per heavy atom. The van der Waals surface area contributed by atoms with Gasteiger partial charge in [0.2, 0.25) is 0 Å². The number of amides is 2. The van der Waals surface area contributed by atoms with Gasteiger partial charge in [0, 0.05) is 15.6 Å². The highest BCUT2D eigenvalue weighted by molar-refractivity contribution is 9.10. The van der Waals surface area contributed by atoms with E-state index in [0.717, 1.165) is 18.1 Å². The van der Waals surface area contributed by atoms with Crippen molar-refractivity contribution in [3.63, 3.8) is 0 Å². The lowest BCUT2D eigenvalue weighted by molar-refractivity contribution is -0.348. The molecule has 39 heavy (non-hydrogen) atoms. The van der Waals surface area contributed by atoms with Crippen molar-refractivity contribution in [3.8, 4) is 5.75 Å². The van der Waals surface area contributed by atoms with Crippen molar-refractivity contribution in [1.82, 2.24) is 0 Å². The lowest BCUT2D eigenvalue weighted by Gasteiger charge is -2.31. The van der Waals surface area contributed by atoms with Crippen LogP contribution in [0.3, 0.4) is 0 Å². The molecule has 206 valence electrons. The maximum atomic E-state index is 15.4. The van der Waals surface area contributed by atoms with Gasteiger partial charge in [0.25, 0.3) is 11.8 Å². The minimum Gasteiger partial charge on any atom is -0.495 e. The van der Waals surface area contributed by atoms with Crippen LogP contribution in [0, 0.1) is 5.82 Å². The molecule has 0 atom stereocenters. The largest absolute Gasteiger partial charge is 0.495 e. The molecule has 0 fully saturated rings. The number of hydrogen-bond acceptors (Lipinski definition) is 3. The number of benzene rings is 3. The lowest BCUT2D eigenvalue weighted by Crippen LogP contribution is -2.50. The van der Waals surface area contributed by atoms with Gasteiger partial charge in [-0.15, -0.1) is 0 Å². The van der Waals surface area contributed by atoms with Gasteiger partial charge in [-0.2, -0.15) is 26.3 Å². The number of ether oxygens (including phenoxy) is 1. The highest BCUT2D eigenvalue weighted by Gasteiger charge is 2.73. The number of alkyl halides is 7. The molecule has 14 heteroatoms. The minimum atomic E-state index is -6.38. The second-order valence-corrected chi connectivity index (χ2v) is 9.18. The summed E-state index contributed by atoms with van der Waals surface area (Å²) in [4.78, 5) is 26.8. The second-order valence-electron chi connectivity index (χ2n) is 8.33. The topological polar surface area (TPSA) is 58.6 Å². The molecule has 5 nitrogen and oxygen atoms in total. The van der Waals surface area contributed by atoms with E-state index in [1.165, 1.54) is 12.1 Å². The number of carbonyl (C=O) groups excluding carboxylic acids is 2. The maximum absolute atomic E-state index is 15.4. The van der Waals surface area contributed by atoms with Crippen molar-refractivity contribution >= 4 is 39.1 Å².